The fourth-order valence-corrected chi connectivity index (χ4v) is 4.06. The van der Waals surface area contributed by atoms with E-state index in [-0.39, 0.29) is 19.0 Å². The first kappa shape index (κ1) is 15.9. The van der Waals surface area contributed by atoms with Crippen LogP contribution in [0.2, 0.25) is 0 Å². The maximum absolute atomic E-state index is 12.6. The van der Waals surface area contributed by atoms with Crippen molar-refractivity contribution in [2.45, 2.75) is 25.3 Å². The first-order valence-corrected chi connectivity index (χ1v) is 8.17. The van der Waals surface area contributed by atoms with Crippen LogP contribution in [0.5, 0.6) is 0 Å². The maximum Gasteiger partial charge on any atom is 0.304 e. The average Bonchev–Trinajstić information content (AvgIpc) is 2.95. The highest BCUT2D eigenvalue weighted by atomic mass is 32.2. The van der Waals surface area contributed by atoms with Crippen molar-refractivity contribution in [1.82, 2.24) is 13.6 Å². The maximum atomic E-state index is 12.6. The first-order chi connectivity index (χ1) is 9.93. The van der Waals surface area contributed by atoms with Crippen LogP contribution in [0.1, 0.15) is 30.9 Å². The van der Waals surface area contributed by atoms with Crippen LogP contribution < -0.4 is 0 Å². The van der Waals surface area contributed by atoms with Crippen molar-refractivity contribution in [2.24, 2.45) is 0 Å². The lowest BCUT2D eigenvalue weighted by atomic mass is 10.1. The van der Waals surface area contributed by atoms with E-state index >= 15 is 0 Å². The molecular formula is C13H19N3O4S. The Bertz CT molecular complexity index is 591. The molecule has 1 aliphatic rings. The van der Waals surface area contributed by atoms with Crippen molar-refractivity contribution in [1.29, 1.82) is 0 Å². The minimum atomic E-state index is -3.66. The second-order valence-corrected chi connectivity index (χ2v) is 7.02. The van der Waals surface area contributed by atoms with Crippen molar-refractivity contribution in [3.63, 3.8) is 0 Å². The lowest BCUT2D eigenvalue weighted by molar-refractivity contribution is -0.137. The van der Waals surface area contributed by atoms with Gasteiger partial charge < -0.3 is 5.11 Å². The molecule has 7 nitrogen and oxygen atoms in total. The zero-order chi connectivity index (χ0) is 15.5. The summed E-state index contributed by atoms with van der Waals surface area (Å²) in [5, 5.41) is 8.68. The normalized spacial score (nSPS) is 20.0. The highest BCUT2D eigenvalue weighted by molar-refractivity contribution is 7.86. The number of hydrogen-bond acceptors (Lipinski definition) is 4. The molecule has 1 aromatic rings. The molecule has 1 atom stereocenters. The molecule has 21 heavy (non-hydrogen) atoms. The van der Waals surface area contributed by atoms with Crippen LogP contribution in [0.15, 0.2) is 24.5 Å². The Labute approximate surface area is 124 Å². The molecule has 1 saturated heterocycles. The number of carboxylic acid groups (broad SMARTS) is 1. The Morgan fingerprint density at radius 1 is 1.57 bits per heavy atom. The van der Waals surface area contributed by atoms with Gasteiger partial charge in [0.05, 0.1) is 12.5 Å². The fourth-order valence-electron chi connectivity index (χ4n) is 2.47. The summed E-state index contributed by atoms with van der Waals surface area (Å²) in [6.07, 6.45) is 4.65. The summed E-state index contributed by atoms with van der Waals surface area (Å²) in [4.78, 5) is 14.6. The Hall–Kier alpha value is -1.51. The van der Waals surface area contributed by atoms with Gasteiger partial charge in [-0.3, -0.25) is 9.78 Å². The molecule has 0 amide bonds. The van der Waals surface area contributed by atoms with Gasteiger partial charge in [-0.2, -0.15) is 17.0 Å². The Morgan fingerprint density at radius 2 is 2.33 bits per heavy atom. The number of pyridine rings is 1. The van der Waals surface area contributed by atoms with Crippen molar-refractivity contribution in [2.75, 3.05) is 20.1 Å². The lowest BCUT2D eigenvalue weighted by Crippen LogP contribution is -2.42. The lowest BCUT2D eigenvalue weighted by Gasteiger charge is -2.28. The van der Waals surface area contributed by atoms with Gasteiger partial charge in [-0.15, -0.1) is 0 Å². The summed E-state index contributed by atoms with van der Waals surface area (Å²) < 4.78 is 27.7. The summed E-state index contributed by atoms with van der Waals surface area (Å²) >= 11 is 0. The molecule has 2 heterocycles. The van der Waals surface area contributed by atoms with Crippen LogP contribution in [0.25, 0.3) is 0 Å². The summed E-state index contributed by atoms with van der Waals surface area (Å²) in [5.41, 5.74) is 0.866. The van der Waals surface area contributed by atoms with Gasteiger partial charge in [-0.05, 0) is 24.5 Å². The quantitative estimate of drug-likeness (QED) is 0.841. The standard InChI is InChI=1S/C13H19N3O4S/c1-15(9-6-13(17)18)21(19,20)16-8-3-5-12(16)11-4-2-7-14-10-11/h2,4,7,10,12H,3,5-6,8-9H2,1H3,(H,17,18). The highest BCUT2D eigenvalue weighted by Gasteiger charge is 2.37. The number of hydrogen-bond donors (Lipinski definition) is 1. The molecule has 0 aromatic carbocycles. The number of rotatable bonds is 6. The molecule has 1 N–H and O–H groups in total. The van der Waals surface area contributed by atoms with E-state index in [0.717, 1.165) is 22.7 Å². The molecule has 0 spiro atoms. The topological polar surface area (TPSA) is 90.8 Å². The largest absolute Gasteiger partial charge is 0.481 e. The molecule has 0 radical (unpaired) electrons. The fraction of sp³-hybridized carbons (Fsp3) is 0.538. The Balaban J connectivity index is 2.16. The van der Waals surface area contributed by atoms with Crippen LogP contribution in [-0.4, -0.2) is 53.2 Å². The summed E-state index contributed by atoms with van der Waals surface area (Å²) in [7, 11) is -2.24. The molecule has 1 fully saturated rings. The van der Waals surface area contributed by atoms with Gasteiger partial charge in [-0.25, -0.2) is 0 Å². The van der Waals surface area contributed by atoms with Gasteiger partial charge in [-0.1, -0.05) is 6.07 Å². The number of nitrogens with zero attached hydrogens (tertiary/aromatic N) is 3. The van der Waals surface area contributed by atoms with Crippen molar-refractivity contribution in [3.05, 3.63) is 30.1 Å². The summed E-state index contributed by atoms with van der Waals surface area (Å²) in [6.45, 7) is 0.410. The zero-order valence-corrected chi connectivity index (χ0v) is 12.7. The highest BCUT2D eigenvalue weighted by Crippen LogP contribution is 2.34. The van der Waals surface area contributed by atoms with Crippen LogP contribution in [0.3, 0.4) is 0 Å². The molecule has 0 bridgehead atoms. The number of aromatic nitrogens is 1. The molecule has 1 aromatic heterocycles. The Morgan fingerprint density at radius 3 is 2.95 bits per heavy atom. The number of aliphatic carboxylic acids is 1. The predicted molar refractivity (Wildman–Crippen MR) is 76.7 cm³/mol. The molecule has 0 aliphatic carbocycles. The van der Waals surface area contributed by atoms with E-state index in [1.54, 1.807) is 18.5 Å². The number of carboxylic acids is 1. The average molecular weight is 313 g/mol. The third-order valence-corrected chi connectivity index (χ3v) is 5.60. The van der Waals surface area contributed by atoms with Crippen molar-refractivity contribution >= 4 is 16.2 Å². The first-order valence-electron chi connectivity index (χ1n) is 6.77. The molecule has 8 heteroatoms. The van der Waals surface area contributed by atoms with Gasteiger partial charge in [0, 0.05) is 32.5 Å². The van der Waals surface area contributed by atoms with E-state index in [9.17, 15) is 13.2 Å². The predicted octanol–water partition coefficient (Wildman–Crippen LogP) is 0.870. The molecule has 1 aliphatic heterocycles. The minimum Gasteiger partial charge on any atom is -0.481 e. The number of carbonyl (C=O) groups is 1. The molecule has 116 valence electrons. The second-order valence-electron chi connectivity index (χ2n) is 5.03. The third kappa shape index (κ3) is 3.58. The molecular weight excluding hydrogens is 294 g/mol. The van der Waals surface area contributed by atoms with E-state index in [1.165, 1.54) is 11.4 Å². The zero-order valence-electron chi connectivity index (χ0n) is 11.8. The van der Waals surface area contributed by atoms with Crippen molar-refractivity contribution in [3.8, 4) is 0 Å². The van der Waals surface area contributed by atoms with Gasteiger partial charge in [0.2, 0.25) is 0 Å². The van der Waals surface area contributed by atoms with E-state index in [4.69, 9.17) is 5.11 Å². The third-order valence-electron chi connectivity index (χ3n) is 3.60. The molecule has 2 rings (SSSR count). The van der Waals surface area contributed by atoms with E-state index in [1.807, 2.05) is 6.07 Å². The van der Waals surface area contributed by atoms with Crippen LogP contribution in [0, 0.1) is 0 Å². The molecule has 1 unspecified atom stereocenters. The van der Waals surface area contributed by atoms with Gasteiger partial charge in [0.15, 0.2) is 0 Å². The van der Waals surface area contributed by atoms with Crippen LogP contribution in [0.4, 0.5) is 0 Å². The van der Waals surface area contributed by atoms with Crippen LogP contribution >= 0.6 is 0 Å². The minimum absolute atomic E-state index is 0.0338. The van der Waals surface area contributed by atoms with Gasteiger partial charge in [0.1, 0.15) is 0 Å². The van der Waals surface area contributed by atoms with Crippen LogP contribution in [-0.2, 0) is 15.0 Å². The van der Waals surface area contributed by atoms with E-state index < -0.39 is 16.2 Å². The second kappa shape index (κ2) is 6.50. The van der Waals surface area contributed by atoms with Gasteiger partial charge in [0.25, 0.3) is 10.2 Å². The molecule has 0 saturated carbocycles. The summed E-state index contributed by atoms with van der Waals surface area (Å²) in [6, 6.07) is 3.42. The van der Waals surface area contributed by atoms with E-state index in [2.05, 4.69) is 4.98 Å². The van der Waals surface area contributed by atoms with E-state index in [0.29, 0.717) is 6.54 Å². The van der Waals surface area contributed by atoms with Crippen molar-refractivity contribution < 1.29 is 18.3 Å². The monoisotopic (exact) mass is 313 g/mol. The SMILES string of the molecule is CN(CCC(=O)O)S(=O)(=O)N1CCCC1c1cccnc1. The summed E-state index contributed by atoms with van der Waals surface area (Å²) in [5.74, 6) is -1.01. The van der Waals surface area contributed by atoms with Gasteiger partial charge >= 0.3 is 5.97 Å². The smallest absolute Gasteiger partial charge is 0.304 e. The Kier molecular flexibility index (Phi) is 4.92.